The molecule has 2 N–H and O–H groups in total. The van der Waals surface area contributed by atoms with Gasteiger partial charge in [0.2, 0.25) is 5.91 Å². The van der Waals surface area contributed by atoms with Crippen LogP contribution in [0.1, 0.15) is 32.6 Å². The zero-order valence-corrected chi connectivity index (χ0v) is 14.2. The molecule has 2 aliphatic rings. The van der Waals surface area contributed by atoms with E-state index >= 15 is 0 Å². The summed E-state index contributed by atoms with van der Waals surface area (Å²) < 4.78 is 0.477. The van der Waals surface area contributed by atoms with Gasteiger partial charge in [-0.05, 0) is 18.4 Å². The van der Waals surface area contributed by atoms with Gasteiger partial charge in [-0.2, -0.15) is 0 Å². The molecule has 0 saturated carbocycles. The zero-order chi connectivity index (χ0) is 14.7. The minimum atomic E-state index is -0.112. The fourth-order valence-electron chi connectivity index (χ4n) is 2.69. The SMILES string of the molecule is CCCC[C@@H]1C(=O)N(C)C(N)=NC1C1=CC(I)CC=C1. The van der Waals surface area contributed by atoms with Crippen LogP contribution in [0.3, 0.4) is 0 Å². The number of hydrogen-bond donors (Lipinski definition) is 1. The third-order valence-electron chi connectivity index (χ3n) is 3.90. The molecule has 0 saturated heterocycles. The highest BCUT2D eigenvalue weighted by Gasteiger charge is 2.37. The molecule has 20 heavy (non-hydrogen) atoms. The second-order valence-corrected chi connectivity index (χ2v) is 7.00. The first-order chi connectivity index (χ1) is 9.54. The maximum Gasteiger partial charge on any atom is 0.234 e. The summed E-state index contributed by atoms with van der Waals surface area (Å²) in [5.74, 6) is 0.350. The van der Waals surface area contributed by atoms with E-state index in [9.17, 15) is 4.79 Å². The predicted molar refractivity (Wildman–Crippen MR) is 90.8 cm³/mol. The molecule has 1 amide bonds. The normalized spacial score (nSPS) is 30.2. The summed E-state index contributed by atoms with van der Waals surface area (Å²) in [4.78, 5) is 18.6. The van der Waals surface area contributed by atoms with Gasteiger partial charge in [0.15, 0.2) is 5.96 Å². The average molecular weight is 387 g/mol. The smallest absolute Gasteiger partial charge is 0.234 e. The highest BCUT2D eigenvalue weighted by molar-refractivity contribution is 14.1. The number of guanidine groups is 1. The molecule has 0 aromatic rings. The van der Waals surface area contributed by atoms with Crippen molar-refractivity contribution in [2.75, 3.05) is 7.05 Å². The summed E-state index contributed by atoms with van der Waals surface area (Å²) in [6, 6.07) is -0.112. The molecule has 110 valence electrons. The number of amides is 1. The van der Waals surface area contributed by atoms with Gasteiger partial charge in [-0.25, -0.2) is 4.99 Å². The molecule has 0 radical (unpaired) electrons. The molecule has 0 aromatic carbocycles. The Hall–Kier alpha value is -0.850. The van der Waals surface area contributed by atoms with Crippen LogP contribution < -0.4 is 5.73 Å². The maximum absolute atomic E-state index is 12.5. The van der Waals surface area contributed by atoms with Gasteiger partial charge in [-0.15, -0.1) is 0 Å². The van der Waals surface area contributed by atoms with E-state index in [1.807, 2.05) is 0 Å². The van der Waals surface area contributed by atoms with E-state index in [2.05, 4.69) is 52.7 Å². The van der Waals surface area contributed by atoms with Crippen molar-refractivity contribution in [1.29, 1.82) is 0 Å². The second kappa shape index (κ2) is 6.74. The number of rotatable bonds is 4. The summed E-state index contributed by atoms with van der Waals surface area (Å²) in [5, 5.41) is 0. The number of aliphatic imine (C=N–C) groups is 1. The largest absolute Gasteiger partial charge is 0.369 e. The molecule has 0 bridgehead atoms. The van der Waals surface area contributed by atoms with Crippen LogP contribution in [-0.2, 0) is 4.79 Å². The van der Waals surface area contributed by atoms with Crippen LogP contribution in [0.2, 0.25) is 0 Å². The average Bonchev–Trinajstić information content (AvgIpc) is 2.43. The lowest BCUT2D eigenvalue weighted by molar-refractivity contribution is -0.132. The topological polar surface area (TPSA) is 58.7 Å². The van der Waals surface area contributed by atoms with Crippen molar-refractivity contribution >= 4 is 34.5 Å². The van der Waals surface area contributed by atoms with Crippen molar-refractivity contribution < 1.29 is 4.79 Å². The Balaban J connectivity index is 2.30. The lowest BCUT2D eigenvalue weighted by Gasteiger charge is -2.34. The standard InChI is InChI=1S/C15H22IN3O/c1-3-4-8-12-13(10-6-5-7-11(16)9-10)18-15(17)19(2)14(12)20/h5-6,9,11-13H,3-4,7-8H2,1-2H3,(H2,17,18)/t11?,12-,13?/m0/s1. The first kappa shape index (κ1) is 15.5. The first-order valence-corrected chi connectivity index (χ1v) is 8.42. The Bertz CT molecular complexity index is 470. The van der Waals surface area contributed by atoms with E-state index in [0.717, 1.165) is 31.3 Å². The fourth-order valence-corrected chi connectivity index (χ4v) is 3.40. The van der Waals surface area contributed by atoms with Gasteiger partial charge in [0.05, 0.1) is 12.0 Å². The monoisotopic (exact) mass is 387 g/mol. The minimum Gasteiger partial charge on any atom is -0.369 e. The van der Waals surface area contributed by atoms with E-state index in [4.69, 9.17) is 5.73 Å². The van der Waals surface area contributed by atoms with E-state index < -0.39 is 0 Å². The van der Waals surface area contributed by atoms with Gasteiger partial charge < -0.3 is 5.73 Å². The molecule has 1 heterocycles. The number of carbonyl (C=O) groups excluding carboxylic acids is 1. The van der Waals surface area contributed by atoms with Crippen molar-refractivity contribution in [2.24, 2.45) is 16.6 Å². The molecule has 1 aliphatic carbocycles. The summed E-state index contributed by atoms with van der Waals surface area (Å²) in [5.41, 5.74) is 7.03. The van der Waals surface area contributed by atoms with Gasteiger partial charge in [-0.1, -0.05) is 60.6 Å². The number of allylic oxidation sites excluding steroid dienone is 2. The predicted octanol–water partition coefficient (Wildman–Crippen LogP) is 2.64. The highest BCUT2D eigenvalue weighted by Crippen LogP contribution is 2.31. The van der Waals surface area contributed by atoms with Crippen molar-refractivity contribution in [3.8, 4) is 0 Å². The summed E-state index contributed by atoms with van der Waals surface area (Å²) in [6.07, 6.45) is 10.5. The number of hydrogen-bond acceptors (Lipinski definition) is 3. The summed E-state index contributed by atoms with van der Waals surface area (Å²) in [6.45, 7) is 2.14. The van der Waals surface area contributed by atoms with Crippen LogP contribution in [0.5, 0.6) is 0 Å². The molecule has 0 fully saturated rings. The number of nitrogens with two attached hydrogens (primary N) is 1. The number of halogens is 1. The second-order valence-electron chi connectivity index (χ2n) is 5.40. The lowest BCUT2D eigenvalue weighted by Crippen LogP contribution is -2.50. The molecule has 0 spiro atoms. The minimum absolute atomic E-state index is 0.0788. The Morgan fingerprint density at radius 3 is 2.95 bits per heavy atom. The molecule has 5 heteroatoms. The van der Waals surface area contributed by atoms with E-state index in [1.54, 1.807) is 7.05 Å². The molecule has 2 rings (SSSR count). The van der Waals surface area contributed by atoms with Crippen LogP contribution in [0.4, 0.5) is 0 Å². The number of unbranched alkanes of at least 4 members (excludes halogenated alkanes) is 1. The molecule has 0 aromatic heterocycles. The van der Waals surface area contributed by atoms with E-state index in [0.29, 0.717) is 9.88 Å². The molecular weight excluding hydrogens is 365 g/mol. The maximum atomic E-state index is 12.5. The first-order valence-electron chi connectivity index (χ1n) is 7.17. The van der Waals surface area contributed by atoms with E-state index in [1.165, 1.54) is 4.90 Å². The Labute approximate surface area is 134 Å². The highest BCUT2D eigenvalue weighted by atomic mass is 127. The Kier molecular flexibility index (Phi) is 5.23. The number of nitrogens with zero attached hydrogens (tertiary/aromatic N) is 2. The Morgan fingerprint density at radius 1 is 1.55 bits per heavy atom. The third-order valence-corrected chi connectivity index (χ3v) is 4.77. The third kappa shape index (κ3) is 3.24. The number of carbonyl (C=O) groups is 1. The van der Waals surface area contributed by atoms with Gasteiger partial charge >= 0.3 is 0 Å². The van der Waals surface area contributed by atoms with Gasteiger partial charge in [0, 0.05) is 11.0 Å². The van der Waals surface area contributed by atoms with Crippen molar-refractivity contribution in [3.63, 3.8) is 0 Å². The molecular formula is C15H22IN3O. The van der Waals surface area contributed by atoms with Crippen molar-refractivity contribution in [1.82, 2.24) is 4.90 Å². The molecule has 2 unspecified atom stereocenters. The van der Waals surface area contributed by atoms with Crippen molar-refractivity contribution in [3.05, 3.63) is 23.8 Å². The molecule has 3 atom stereocenters. The molecule has 4 nitrogen and oxygen atoms in total. The fraction of sp³-hybridized carbons (Fsp3) is 0.600. The summed E-state index contributed by atoms with van der Waals surface area (Å²) in [7, 11) is 1.71. The van der Waals surface area contributed by atoms with Gasteiger partial charge in [-0.3, -0.25) is 9.69 Å². The van der Waals surface area contributed by atoms with Crippen LogP contribution in [-0.4, -0.2) is 33.8 Å². The quantitative estimate of drug-likeness (QED) is 0.596. The number of alkyl halides is 1. The summed E-state index contributed by atoms with van der Waals surface area (Å²) >= 11 is 2.42. The van der Waals surface area contributed by atoms with Crippen LogP contribution in [0.15, 0.2) is 28.8 Å². The van der Waals surface area contributed by atoms with Crippen LogP contribution in [0, 0.1) is 5.92 Å². The molecule has 1 aliphatic heterocycles. The lowest BCUT2D eigenvalue weighted by atomic mass is 9.85. The van der Waals surface area contributed by atoms with Crippen molar-refractivity contribution in [2.45, 2.75) is 42.6 Å². The van der Waals surface area contributed by atoms with Crippen LogP contribution >= 0.6 is 22.6 Å². The zero-order valence-electron chi connectivity index (χ0n) is 12.1. The Morgan fingerprint density at radius 2 is 2.30 bits per heavy atom. The van der Waals surface area contributed by atoms with Gasteiger partial charge in [0.1, 0.15) is 0 Å². The van der Waals surface area contributed by atoms with Crippen LogP contribution in [0.25, 0.3) is 0 Å². The van der Waals surface area contributed by atoms with E-state index in [-0.39, 0.29) is 17.9 Å². The van der Waals surface area contributed by atoms with Gasteiger partial charge in [0.25, 0.3) is 0 Å².